The second-order valence-electron chi connectivity index (χ2n) is 5.12. The zero-order valence-electron chi connectivity index (χ0n) is 13.2. The number of rotatable bonds is 5. The topological polar surface area (TPSA) is 72.8 Å². The van der Waals surface area contributed by atoms with Gasteiger partial charge in [0.2, 0.25) is 0 Å². The highest BCUT2D eigenvalue weighted by molar-refractivity contribution is 14.1. The first-order valence-electron chi connectivity index (χ1n) is 7.10. The van der Waals surface area contributed by atoms with Gasteiger partial charge >= 0.3 is 11.9 Å². The van der Waals surface area contributed by atoms with Gasteiger partial charge in [0.1, 0.15) is 11.5 Å². The Labute approximate surface area is 172 Å². The van der Waals surface area contributed by atoms with E-state index in [2.05, 4.69) is 29.2 Å². The molecule has 0 radical (unpaired) electrons. The van der Waals surface area contributed by atoms with Crippen LogP contribution < -0.4 is 9.47 Å². The molecule has 0 aliphatic carbocycles. The van der Waals surface area contributed by atoms with Crippen molar-refractivity contribution >= 4 is 57.1 Å². The minimum absolute atomic E-state index is 0.0765. The van der Waals surface area contributed by atoms with Gasteiger partial charge in [-0.3, -0.25) is 0 Å². The molecule has 0 saturated heterocycles. The van der Waals surface area contributed by atoms with Crippen molar-refractivity contribution in [2.75, 3.05) is 0 Å². The fourth-order valence-corrected chi connectivity index (χ4v) is 3.03. The van der Waals surface area contributed by atoms with Crippen LogP contribution in [0.3, 0.4) is 0 Å². The SMILES string of the molecule is C=C(C)C(=O)Oc1ccc(C(=O)Oc2cc(I)c(CO)cc2I)cc1. The number of halogens is 2. The first-order valence-corrected chi connectivity index (χ1v) is 9.26. The maximum absolute atomic E-state index is 12.3. The van der Waals surface area contributed by atoms with Gasteiger partial charge in [-0.15, -0.1) is 0 Å². The number of ether oxygens (including phenoxy) is 2. The van der Waals surface area contributed by atoms with E-state index in [1.54, 1.807) is 19.1 Å². The molecule has 130 valence electrons. The van der Waals surface area contributed by atoms with Gasteiger partial charge < -0.3 is 14.6 Å². The number of esters is 2. The van der Waals surface area contributed by atoms with Crippen LogP contribution in [-0.2, 0) is 11.4 Å². The van der Waals surface area contributed by atoms with E-state index in [1.165, 1.54) is 24.3 Å². The molecule has 0 amide bonds. The van der Waals surface area contributed by atoms with E-state index in [-0.39, 0.29) is 6.61 Å². The lowest BCUT2D eigenvalue weighted by Crippen LogP contribution is -2.11. The van der Waals surface area contributed by atoms with E-state index in [1.807, 2.05) is 22.6 Å². The lowest BCUT2D eigenvalue weighted by molar-refractivity contribution is -0.130. The summed E-state index contributed by atoms with van der Waals surface area (Å²) in [6.07, 6.45) is 0. The van der Waals surface area contributed by atoms with Crippen LogP contribution in [0.25, 0.3) is 0 Å². The molecule has 2 aromatic carbocycles. The highest BCUT2D eigenvalue weighted by Crippen LogP contribution is 2.27. The number of carbonyl (C=O) groups excluding carboxylic acids is 2. The van der Waals surface area contributed by atoms with Gasteiger partial charge in [0.15, 0.2) is 0 Å². The molecule has 7 heteroatoms. The maximum atomic E-state index is 12.3. The van der Waals surface area contributed by atoms with Gasteiger partial charge in [0.25, 0.3) is 0 Å². The predicted octanol–water partition coefficient (Wildman–Crippen LogP) is 4.09. The minimum Gasteiger partial charge on any atom is -0.423 e. The van der Waals surface area contributed by atoms with Crippen molar-refractivity contribution in [1.29, 1.82) is 0 Å². The first kappa shape index (κ1) is 19.9. The summed E-state index contributed by atoms with van der Waals surface area (Å²) >= 11 is 4.12. The molecule has 0 atom stereocenters. The molecule has 0 aliphatic rings. The van der Waals surface area contributed by atoms with Crippen molar-refractivity contribution in [2.24, 2.45) is 0 Å². The maximum Gasteiger partial charge on any atom is 0.343 e. The van der Waals surface area contributed by atoms with E-state index in [0.717, 1.165) is 12.7 Å². The smallest absolute Gasteiger partial charge is 0.343 e. The van der Waals surface area contributed by atoms with E-state index >= 15 is 0 Å². The van der Waals surface area contributed by atoms with Crippen LogP contribution in [0.4, 0.5) is 0 Å². The Kier molecular flexibility index (Phi) is 6.96. The third-order valence-corrected chi connectivity index (χ3v) is 4.97. The Morgan fingerprint density at radius 1 is 1.08 bits per heavy atom. The number of hydrogen-bond donors (Lipinski definition) is 1. The summed E-state index contributed by atoms with van der Waals surface area (Å²) in [7, 11) is 0. The fourth-order valence-electron chi connectivity index (χ4n) is 1.78. The van der Waals surface area contributed by atoms with E-state index in [4.69, 9.17) is 9.47 Å². The molecule has 2 rings (SSSR count). The molecule has 0 bridgehead atoms. The van der Waals surface area contributed by atoms with Crippen LogP contribution in [0.2, 0.25) is 0 Å². The summed E-state index contributed by atoms with van der Waals surface area (Å²) in [4.78, 5) is 23.7. The number of hydrogen-bond acceptors (Lipinski definition) is 5. The van der Waals surface area contributed by atoms with Crippen LogP contribution in [-0.4, -0.2) is 17.0 Å². The lowest BCUT2D eigenvalue weighted by atomic mass is 10.2. The Morgan fingerprint density at radius 3 is 2.28 bits per heavy atom. The first-order chi connectivity index (χ1) is 11.8. The van der Waals surface area contributed by atoms with Crippen molar-refractivity contribution < 1.29 is 24.2 Å². The third kappa shape index (κ3) is 5.25. The molecule has 25 heavy (non-hydrogen) atoms. The van der Waals surface area contributed by atoms with Crippen molar-refractivity contribution in [3.8, 4) is 11.5 Å². The average molecular weight is 564 g/mol. The highest BCUT2D eigenvalue weighted by atomic mass is 127. The van der Waals surface area contributed by atoms with Gasteiger partial charge in [0, 0.05) is 9.14 Å². The van der Waals surface area contributed by atoms with Crippen molar-refractivity contribution in [2.45, 2.75) is 13.5 Å². The fraction of sp³-hybridized carbons (Fsp3) is 0.111. The molecule has 5 nitrogen and oxygen atoms in total. The minimum atomic E-state index is -0.525. The zero-order chi connectivity index (χ0) is 18.6. The van der Waals surface area contributed by atoms with Crippen LogP contribution in [0.1, 0.15) is 22.8 Å². The molecule has 0 aliphatic heterocycles. The van der Waals surface area contributed by atoms with Gasteiger partial charge in [-0.05, 0) is 94.1 Å². The van der Waals surface area contributed by atoms with Crippen molar-refractivity contribution in [3.05, 3.63) is 66.8 Å². The summed E-state index contributed by atoms with van der Waals surface area (Å²) in [5.74, 6) is -0.308. The molecule has 2 aromatic rings. The Morgan fingerprint density at radius 2 is 1.72 bits per heavy atom. The average Bonchev–Trinajstić information content (AvgIpc) is 2.58. The normalized spacial score (nSPS) is 10.2. The van der Waals surface area contributed by atoms with Gasteiger partial charge in [-0.2, -0.15) is 0 Å². The number of aliphatic hydroxyl groups excluding tert-OH is 1. The molecule has 1 N–H and O–H groups in total. The second kappa shape index (κ2) is 8.77. The van der Waals surface area contributed by atoms with E-state index in [9.17, 15) is 14.7 Å². The zero-order valence-corrected chi connectivity index (χ0v) is 17.5. The molecule has 0 heterocycles. The van der Waals surface area contributed by atoms with Crippen LogP contribution in [0.15, 0.2) is 48.6 Å². The summed E-state index contributed by atoms with van der Waals surface area (Å²) < 4.78 is 12.0. The molecule has 0 spiro atoms. The number of aliphatic hydroxyl groups is 1. The lowest BCUT2D eigenvalue weighted by Gasteiger charge is -2.10. The summed E-state index contributed by atoms with van der Waals surface area (Å²) in [6.45, 7) is 4.98. The Hall–Kier alpha value is -1.46. The Bertz CT molecular complexity index is 828. The monoisotopic (exact) mass is 564 g/mol. The van der Waals surface area contributed by atoms with Crippen molar-refractivity contribution in [1.82, 2.24) is 0 Å². The largest absolute Gasteiger partial charge is 0.423 e. The summed E-state index contributed by atoms with van der Waals surface area (Å²) in [5, 5.41) is 9.26. The van der Waals surface area contributed by atoms with Crippen LogP contribution >= 0.6 is 45.2 Å². The summed E-state index contributed by atoms with van der Waals surface area (Å²) in [5.41, 5.74) is 1.39. The van der Waals surface area contributed by atoms with E-state index in [0.29, 0.717) is 22.6 Å². The van der Waals surface area contributed by atoms with Gasteiger partial charge in [-0.25, -0.2) is 9.59 Å². The molecule has 0 aromatic heterocycles. The molecular weight excluding hydrogens is 550 g/mol. The molecule has 0 saturated carbocycles. The molecular formula is C18H14I2O5. The quantitative estimate of drug-likeness (QED) is 0.257. The number of benzene rings is 2. The van der Waals surface area contributed by atoms with Crippen LogP contribution in [0, 0.1) is 7.14 Å². The third-order valence-electron chi connectivity index (χ3n) is 3.12. The molecule has 0 unspecified atom stereocenters. The molecule has 0 fully saturated rings. The van der Waals surface area contributed by atoms with E-state index < -0.39 is 11.9 Å². The van der Waals surface area contributed by atoms with Crippen molar-refractivity contribution in [3.63, 3.8) is 0 Å². The van der Waals surface area contributed by atoms with Gasteiger partial charge in [0.05, 0.1) is 15.7 Å². The standard InChI is InChI=1S/C18H14I2O5/c1-10(2)17(22)24-13-5-3-11(4-6-13)18(23)25-16-8-14(19)12(9-21)7-15(16)20/h3-8,21H,1,9H2,2H3. The Balaban J connectivity index is 2.12. The summed E-state index contributed by atoms with van der Waals surface area (Å²) in [6, 6.07) is 9.54. The number of carbonyl (C=O) groups is 2. The van der Waals surface area contributed by atoms with Gasteiger partial charge in [-0.1, -0.05) is 6.58 Å². The predicted molar refractivity (Wildman–Crippen MR) is 110 cm³/mol. The highest BCUT2D eigenvalue weighted by Gasteiger charge is 2.14. The second-order valence-corrected chi connectivity index (χ2v) is 7.44. The van der Waals surface area contributed by atoms with Crippen LogP contribution in [0.5, 0.6) is 11.5 Å².